The van der Waals surface area contributed by atoms with E-state index in [9.17, 15) is 4.79 Å². The molecule has 0 spiro atoms. The Labute approximate surface area is 122 Å². The van der Waals surface area contributed by atoms with Crippen LogP contribution in [0.4, 0.5) is 0 Å². The Morgan fingerprint density at radius 1 is 1.14 bits per heavy atom. The summed E-state index contributed by atoms with van der Waals surface area (Å²) in [7, 11) is 0. The third-order valence-corrected chi connectivity index (χ3v) is 3.22. The van der Waals surface area contributed by atoms with E-state index in [0.717, 1.165) is 16.6 Å². The third-order valence-electron chi connectivity index (χ3n) is 3.22. The van der Waals surface area contributed by atoms with Crippen LogP contribution in [0.3, 0.4) is 0 Å². The second-order valence-corrected chi connectivity index (χ2v) is 4.63. The number of carbonyl (C=O) groups excluding carboxylic acids is 1. The van der Waals surface area contributed by atoms with Gasteiger partial charge in [-0.2, -0.15) is 0 Å². The highest BCUT2D eigenvalue weighted by molar-refractivity contribution is 5.74. The number of nitrogens with zero attached hydrogens (tertiary/aromatic N) is 3. The molecule has 0 amide bonds. The maximum Gasteiger partial charge on any atom is 0.307 e. The summed E-state index contributed by atoms with van der Waals surface area (Å²) in [4.78, 5) is 11.7. The normalized spacial score (nSPS) is 12.2. The Morgan fingerprint density at radius 3 is 2.62 bits per heavy atom. The van der Waals surface area contributed by atoms with Crippen molar-refractivity contribution >= 4 is 17.0 Å². The maximum atomic E-state index is 11.7. The Bertz CT molecular complexity index is 752. The number of esters is 1. The lowest BCUT2D eigenvalue weighted by molar-refractivity contribution is -0.151. The van der Waals surface area contributed by atoms with Crippen molar-refractivity contribution in [2.45, 2.75) is 19.6 Å². The fraction of sp³-hybridized carbons (Fsp3) is 0.188. The van der Waals surface area contributed by atoms with Crippen LogP contribution in [-0.4, -0.2) is 21.0 Å². The van der Waals surface area contributed by atoms with Crippen LogP contribution in [0.1, 0.15) is 25.1 Å². The van der Waals surface area contributed by atoms with Gasteiger partial charge >= 0.3 is 5.97 Å². The fourth-order valence-electron chi connectivity index (χ4n) is 2.14. The number of ether oxygens (including phenoxy) is 1. The van der Waals surface area contributed by atoms with Crippen LogP contribution in [-0.2, 0) is 9.53 Å². The molecule has 0 radical (unpaired) electrons. The molecule has 0 N–H and O–H groups in total. The van der Waals surface area contributed by atoms with Gasteiger partial charge in [-0.3, -0.25) is 4.79 Å². The van der Waals surface area contributed by atoms with Gasteiger partial charge in [0.25, 0.3) is 0 Å². The van der Waals surface area contributed by atoms with Gasteiger partial charge in [0.2, 0.25) is 6.23 Å². The van der Waals surface area contributed by atoms with Crippen molar-refractivity contribution in [1.29, 1.82) is 0 Å². The van der Waals surface area contributed by atoms with Gasteiger partial charge in [-0.15, -0.1) is 5.10 Å². The van der Waals surface area contributed by atoms with Crippen molar-refractivity contribution in [3.8, 4) is 0 Å². The van der Waals surface area contributed by atoms with Gasteiger partial charge in [0, 0.05) is 12.0 Å². The molecular formula is C16H15N3O2. The van der Waals surface area contributed by atoms with E-state index in [1.165, 1.54) is 0 Å². The van der Waals surface area contributed by atoms with E-state index in [0.29, 0.717) is 6.42 Å². The molecule has 3 rings (SSSR count). The molecule has 0 aliphatic carbocycles. The van der Waals surface area contributed by atoms with Crippen molar-refractivity contribution in [2.24, 2.45) is 0 Å². The Morgan fingerprint density at radius 2 is 1.86 bits per heavy atom. The topological polar surface area (TPSA) is 57.0 Å². The van der Waals surface area contributed by atoms with Crippen molar-refractivity contribution < 1.29 is 9.53 Å². The zero-order valence-electron chi connectivity index (χ0n) is 11.6. The molecule has 5 nitrogen and oxygen atoms in total. The molecule has 0 saturated heterocycles. The summed E-state index contributed by atoms with van der Waals surface area (Å²) < 4.78 is 7.20. The van der Waals surface area contributed by atoms with Crippen molar-refractivity contribution in [3.63, 3.8) is 0 Å². The van der Waals surface area contributed by atoms with E-state index < -0.39 is 6.23 Å². The highest BCUT2D eigenvalue weighted by atomic mass is 16.6. The maximum absolute atomic E-state index is 11.7. The molecule has 106 valence electrons. The summed E-state index contributed by atoms with van der Waals surface area (Å²) in [6.45, 7) is 1.77. The number of rotatable bonds is 4. The summed E-state index contributed by atoms with van der Waals surface area (Å²) >= 11 is 0. The molecule has 0 aliphatic heterocycles. The lowest BCUT2D eigenvalue weighted by atomic mass is 10.2. The first-order valence-corrected chi connectivity index (χ1v) is 6.84. The molecule has 0 aliphatic rings. The van der Waals surface area contributed by atoms with Gasteiger partial charge in [-0.1, -0.05) is 54.6 Å². The second kappa shape index (κ2) is 5.75. The summed E-state index contributed by atoms with van der Waals surface area (Å²) in [5.41, 5.74) is 2.45. The van der Waals surface area contributed by atoms with Gasteiger partial charge in [-0.25, -0.2) is 4.68 Å². The van der Waals surface area contributed by atoms with Crippen molar-refractivity contribution in [2.75, 3.05) is 0 Å². The van der Waals surface area contributed by atoms with Crippen LogP contribution < -0.4 is 0 Å². The molecule has 2 aromatic carbocycles. The molecule has 1 heterocycles. The standard InChI is InChI=1S/C16H15N3O2/c1-2-15(20)21-16(12-8-4-3-5-9-12)19-14-11-7-6-10-13(14)17-18-19/h3-11,16H,2H2,1H3. The largest absolute Gasteiger partial charge is 0.435 e. The zero-order chi connectivity index (χ0) is 14.7. The van der Waals surface area contributed by atoms with Gasteiger partial charge in [-0.05, 0) is 12.1 Å². The average molecular weight is 281 g/mol. The van der Waals surface area contributed by atoms with E-state index in [1.807, 2.05) is 54.6 Å². The molecule has 0 bridgehead atoms. The van der Waals surface area contributed by atoms with Crippen LogP contribution in [0.5, 0.6) is 0 Å². The number of carbonyl (C=O) groups is 1. The molecule has 1 atom stereocenters. The first-order chi connectivity index (χ1) is 10.3. The monoisotopic (exact) mass is 281 g/mol. The highest BCUT2D eigenvalue weighted by Gasteiger charge is 2.21. The summed E-state index contributed by atoms with van der Waals surface area (Å²) in [5, 5.41) is 8.27. The number of hydrogen-bond donors (Lipinski definition) is 0. The summed E-state index contributed by atoms with van der Waals surface area (Å²) in [5.74, 6) is -0.275. The minimum Gasteiger partial charge on any atom is -0.435 e. The first-order valence-electron chi connectivity index (χ1n) is 6.84. The summed E-state index contributed by atoms with van der Waals surface area (Å²) in [6, 6.07) is 17.1. The predicted octanol–water partition coefficient (Wildman–Crippen LogP) is 2.93. The van der Waals surface area contributed by atoms with E-state index in [1.54, 1.807) is 11.6 Å². The lowest BCUT2D eigenvalue weighted by Crippen LogP contribution is -2.19. The van der Waals surface area contributed by atoms with Gasteiger partial charge < -0.3 is 4.74 Å². The first kappa shape index (κ1) is 13.3. The highest BCUT2D eigenvalue weighted by Crippen LogP contribution is 2.23. The fourth-order valence-corrected chi connectivity index (χ4v) is 2.14. The molecule has 0 fully saturated rings. The number of hydrogen-bond acceptors (Lipinski definition) is 4. The minimum atomic E-state index is -0.606. The molecule has 1 unspecified atom stereocenters. The molecule has 21 heavy (non-hydrogen) atoms. The Balaban J connectivity index is 2.08. The van der Waals surface area contributed by atoms with E-state index in [-0.39, 0.29) is 5.97 Å². The van der Waals surface area contributed by atoms with Crippen LogP contribution in [0.2, 0.25) is 0 Å². The van der Waals surface area contributed by atoms with E-state index in [4.69, 9.17) is 4.74 Å². The molecule has 1 aromatic heterocycles. The number of benzene rings is 2. The van der Waals surface area contributed by atoms with Crippen LogP contribution in [0.25, 0.3) is 11.0 Å². The minimum absolute atomic E-state index is 0.275. The van der Waals surface area contributed by atoms with Gasteiger partial charge in [0.1, 0.15) is 5.52 Å². The van der Waals surface area contributed by atoms with Gasteiger partial charge in [0.15, 0.2) is 0 Å². The van der Waals surface area contributed by atoms with Crippen LogP contribution >= 0.6 is 0 Å². The second-order valence-electron chi connectivity index (χ2n) is 4.63. The molecule has 3 aromatic rings. The van der Waals surface area contributed by atoms with Crippen molar-refractivity contribution in [3.05, 3.63) is 60.2 Å². The predicted molar refractivity (Wildman–Crippen MR) is 78.5 cm³/mol. The zero-order valence-corrected chi connectivity index (χ0v) is 11.6. The lowest BCUT2D eigenvalue weighted by Gasteiger charge is -2.18. The number of para-hydroxylation sites is 1. The van der Waals surface area contributed by atoms with Crippen LogP contribution in [0.15, 0.2) is 54.6 Å². The summed E-state index contributed by atoms with van der Waals surface area (Å²) in [6.07, 6.45) is -0.290. The van der Waals surface area contributed by atoms with Gasteiger partial charge in [0.05, 0.1) is 5.52 Å². The smallest absolute Gasteiger partial charge is 0.307 e. The Kier molecular flexibility index (Phi) is 3.64. The van der Waals surface area contributed by atoms with E-state index in [2.05, 4.69) is 10.3 Å². The Hall–Kier alpha value is -2.69. The number of fused-ring (bicyclic) bond motifs is 1. The molecule has 0 saturated carbocycles. The van der Waals surface area contributed by atoms with Crippen molar-refractivity contribution in [1.82, 2.24) is 15.0 Å². The van der Waals surface area contributed by atoms with Crippen LogP contribution in [0, 0.1) is 0 Å². The number of aromatic nitrogens is 3. The SMILES string of the molecule is CCC(=O)OC(c1ccccc1)n1nnc2ccccc21. The molecule has 5 heteroatoms. The quantitative estimate of drug-likeness (QED) is 0.690. The molecular weight excluding hydrogens is 266 g/mol. The third kappa shape index (κ3) is 2.63. The average Bonchev–Trinajstić information content (AvgIpc) is 2.97. The van der Waals surface area contributed by atoms with E-state index >= 15 is 0 Å².